The van der Waals surface area contributed by atoms with Gasteiger partial charge in [0.1, 0.15) is 12.4 Å². The lowest BCUT2D eigenvalue weighted by molar-refractivity contribution is 0.139. The third-order valence-corrected chi connectivity index (χ3v) is 5.05. The fourth-order valence-electron chi connectivity index (χ4n) is 3.42. The molecule has 34 heavy (non-hydrogen) atoms. The second-order valence-electron chi connectivity index (χ2n) is 7.45. The molecular weight excluding hydrogens is 428 g/mol. The summed E-state index contributed by atoms with van der Waals surface area (Å²) >= 11 is 0. The minimum atomic E-state index is -0.584. The number of alkyl carbamates (subject to hydrolysis) is 1. The van der Waals surface area contributed by atoms with Crippen LogP contribution in [-0.4, -0.2) is 12.2 Å². The predicted octanol–water partition coefficient (Wildman–Crippen LogP) is 6.39. The van der Waals surface area contributed by atoms with Crippen molar-refractivity contribution in [2.75, 3.05) is 5.32 Å². The highest BCUT2D eigenvalue weighted by Crippen LogP contribution is 2.32. The largest absolute Gasteiger partial charge is 0.445 e. The highest BCUT2D eigenvalue weighted by molar-refractivity contribution is 5.88. The van der Waals surface area contributed by atoms with Gasteiger partial charge in [0.2, 0.25) is 0 Å². The first kappa shape index (κ1) is 22.6. The molecule has 0 aliphatic heterocycles. The fourth-order valence-corrected chi connectivity index (χ4v) is 3.42. The zero-order valence-corrected chi connectivity index (χ0v) is 18.4. The Balaban J connectivity index is 1.43. The number of rotatable bonds is 7. The normalized spacial score (nSPS) is 10.2. The molecule has 0 saturated heterocycles. The first-order chi connectivity index (χ1) is 16.7. The van der Waals surface area contributed by atoms with Gasteiger partial charge in [0, 0.05) is 17.8 Å². The molecule has 170 valence electrons. The molecule has 0 atom stereocenters. The van der Waals surface area contributed by atoms with Crippen LogP contribution in [0.15, 0.2) is 109 Å². The topological polar surface area (TPSA) is 76.7 Å². The van der Waals surface area contributed by atoms with Crippen molar-refractivity contribution >= 4 is 17.9 Å². The van der Waals surface area contributed by atoms with E-state index in [1.54, 1.807) is 24.3 Å². The molecule has 2 amide bonds. The van der Waals surface area contributed by atoms with Crippen molar-refractivity contribution in [2.45, 2.75) is 13.2 Å². The van der Waals surface area contributed by atoms with Gasteiger partial charge in [0.05, 0.1) is 0 Å². The van der Waals surface area contributed by atoms with Gasteiger partial charge in [-0.2, -0.15) is 0 Å². The minimum absolute atomic E-state index is 0.196. The molecule has 0 fully saturated rings. The number of amides is 2. The van der Waals surface area contributed by atoms with E-state index in [1.165, 1.54) is 0 Å². The smallest absolute Gasteiger partial charge is 0.417 e. The Morgan fingerprint density at radius 3 is 2.03 bits per heavy atom. The molecule has 4 aromatic rings. The van der Waals surface area contributed by atoms with Crippen LogP contribution in [-0.2, 0) is 17.9 Å². The summed E-state index contributed by atoms with van der Waals surface area (Å²) in [5, 5.41) is 5.51. The second kappa shape index (κ2) is 11.3. The van der Waals surface area contributed by atoms with Gasteiger partial charge in [-0.3, -0.25) is 5.32 Å². The van der Waals surface area contributed by atoms with Gasteiger partial charge in [-0.05, 0) is 34.9 Å². The number of ether oxygens (including phenoxy) is 2. The number of nitrogens with one attached hydrogen (secondary N) is 2. The van der Waals surface area contributed by atoms with Gasteiger partial charge in [-0.25, -0.2) is 9.59 Å². The van der Waals surface area contributed by atoms with Gasteiger partial charge in [0.15, 0.2) is 0 Å². The Labute approximate surface area is 198 Å². The van der Waals surface area contributed by atoms with E-state index in [0.717, 1.165) is 22.3 Å². The predicted molar refractivity (Wildman–Crippen MR) is 131 cm³/mol. The molecule has 4 rings (SSSR count). The molecule has 6 nitrogen and oxygen atoms in total. The van der Waals surface area contributed by atoms with Crippen molar-refractivity contribution in [1.82, 2.24) is 5.32 Å². The SMILES string of the molecule is O=C(NCc1ccccc1-c1ccccc1OC(=O)Nc1ccccc1)OCc1ccccc1. The van der Waals surface area contributed by atoms with E-state index in [0.29, 0.717) is 11.4 Å². The number of hydrogen-bond donors (Lipinski definition) is 2. The van der Waals surface area contributed by atoms with Crippen molar-refractivity contribution < 1.29 is 19.1 Å². The van der Waals surface area contributed by atoms with Crippen LogP contribution in [0.5, 0.6) is 5.75 Å². The molecule has 0 unspecified atom stereocenters. The quantitative estimate of drug-likeness (QED) is 0.341. The van der Waals surface area contributed by atoms with Crippen molar-refractivity contribution in [1.29, 1.82) is 0 Å². The van der Waals surface area contributed by atoms with Crippen LogP contribution in [0.4, 0.5) is 15.3 Å². The van der Waals surface area contributed by atoms with E-state index in [1.807, 2.05) is 84.9 Å². The van der Waals surface area contributed by atoms with Crippen LogP contribution in [0.2, 0.25) is 0 Å². The maximum absolute atomic E-state index is 12.4. The van der Waals surface area contributed by atoms with E-state index in [2.05, 4.69) is 10.6 Å². The number of carbonyl (C=O) groups excluding carboxylic acids is 2. The van der Waals surface area contributed by atoms with Crippen LogP contribution in [0.1, 0.15) is 11.1 Å². The van der Waals surface area contributed by atoms with Gasteiger partial charge >= 0.3 is 12.2 Å². The number of anilines is 1. The van der Waals surface area contributed by atoms with Crippen molar-refractivity contribution in [2.24, 2.45) is 0 Å². The molecule has 0 aliphatic rings. The van der Waals surface area contributed by atoms with E-state index >= 15 is 0 Å². The molecule has 0 heterocycles. The highest BCUT2D eigenvalue weighted by atomic mass is 16.6. The Morgan fingerprint density at radius 1 is 0.647 bits per heavy atom. The van der Waals surface area contributed by atoms with E-state index in [-0.39, 0.29) is 13.2 Å². The molecule has 0 saturated carbocycles. The summed E-state index contributed by atoms with van der Waals surface area (Å²) in [4.78, 5) is 24.7. The summed E-state index contributed by atoms with van der Waals surface area (Å²) in [5.41, 5.74) is 4.00. The Hall–Kier alpha value is -4.58. The molecule has 0 aromatic heterocycles. The molecule has 0 bridgehead atoms. The minimum Gasteiger partial charge on any atom is -0.445 e. The number of benzene rings is 4. The summed E-state index contributed by atoms with van der Waals surface area (Å²) in [5.74, 6) is 0.412. The standard InChI is InChI=1S/C28H24N2O4/c31-27(33-20-21-11-3-1-4-12-21)29-19-22-13-7-8-16-24(22)25-17-9-10-18-26(25)34-28(32)30-23-14-5-2-6-15-23/h1-18H,19-20H2,(H,29,31)(H,30,32). The summed E-state index contributed by atoms with van der Waals surface area (Å²) in [6.07, 6.45) is -1.09. The monoisotopic (exact) mass is 452 g/mol. The van der Waals surface area contributed by atoms with Crippen molar-refractivity contribution in [3.63, 3.8) is 0 Å². The zero-order valence-electron chi connectivity index (χ0n) is 18.4. The molecule has 4 aromatic carbocycles. The lowest BCUT2D eigenvalue weighted by atomic mass is 9.99. The third kappa shape index (κ3) is 6.23. The number of hydrogen-bond acceptors (Lipinski definition) is 4. The first-order valence-corrected chi connectivity index (χ1v) is 10.8. The van der Waals surface area contributed by atoms with Crippen LogP contribution < -0.4 is 15.4 Å². The van der Waals surface area contributed by atoms with Crippen LogP contribution >= 0.6 is 0 Å². The van der Waals surface area contributed by atoms with Gasteiger partial charge in [0.25, 0.3) is 0 Å². The number of para-hydroxylation sites is 2. The first-order valence-electron chi connectivity index (χ1n) is 10.8. The summed E-state index contributed by atoms with van der Waals surface area (Å²) in [6, 6.07) is 33.5. The fraction of sp³-hybridized carbons (Fsp3) is 0.0714. The lowest BCUT2D eigenvalue weighted by Gasteiger charge is -2.15. The maximum atomic E-state index is 12.4. The Morgan fingerprint density at radius 2 is 1.26 bits per heavy atom. The third-order valence-electron chi connectivity index (χ3n) is 5.05. The zero-order chi connectivity index (χ0) is 23.6. The molecule has 0 spiro atoms. The lowest BCUT2D eigenvalue weighted by Crippen LogP contribution is -2.24. The van der Waals surface area contributed by atoms with Crippen molar-refractivity contribution in [3.05, 3.63) is 120 Å². The van der Waals surface area contributed by atoms with Gasteiger partial charge in [-0.15, -0.1) is 0 Å². The summed E-state index contributed by atoms with van der Waals surface area (Å²) < 4.78 is 10.9. The van der Waals surface area contributed by atoms with Gasteiger partial charge in [-0.1, -0.05) is 91.0 Å². The van der Waals surface area contributed by atoms with E-state index < -0.39 is 12.2 Å². The van der Waals surface area contributed by atoms with Crippen LogP contribution in [0.3, 0.4) is 0 Å². The Kier molecular flexibility index (Phi) is 7.54. The molecule has 0 radical (unpaired) electrons. The average molecular weight is 453 g/mol. The van der Waals surface area contributed by atoms with Gasteiger partial charge < -0.3 is 14.8 Å². The molecule has 6 heteroatoms. The summed E-state index contributed by atoms with van der Waals surface area (Å²) in [7, 11) is 0. The Bertz CT molecular complexity index is 1240. The summed E-state index contributed by atoms with van der Waals surface area (Å²) in [6.45, 7) is 0.454. The van der Waals surface area contributed by atoms with E-state index in [9.17, 15) is 9.59 Å². The van der Waals surface area contributed by atoms with E-state index in [4.69, 9.17) is 9.47 Å². The molecular formula is C28H24N2O4. The second-order valence-corrected chi connectivity index (χ2v) is 7.45. The molecule has 0 aliphatic carbocycles. The maximum Gasteiger partial charge on any atom is 0.417 e. The average Bonchev–Trinajstić information content (AvgIpc) is 2.88. The number of carbonyl (C=O) groups is 2. The van der Waals surface area contributed by atoms with Crippen LogP contribution in [0, 0.1) is 0 Å². The molecule has 2 N–H and O–H groups in total. The van der Waals surface area contributed by atoms with Crippen molar-refractivity contribution in [3.8, 4) is 16.9 Å². The van der Waals surface area contributed by atoms with Crippen LogP contribution in [0.25, 0.3) is 11.1 Å². The highest BCUT2D eigenvalue weighted by Gasteiger charge is 2.14.